The standard InChI is InChI=1S/C23H34N4O3/c1-2-24-22(25-12-6-14-27-13-5-3-4-7-21(27)28)26-16-23(10-11-23)18-8-9-19-20(15-18)30-17-29-19/h8-9,15H,2-7,10-14,16-17H2,1H3,(H2,24,25,26). The van der Waals surface area contributed by atoms with E-state index in [4.69, 9.17) is 14.5 Å². The quantitative estimate of drug-likeness (QED) is 0.389. The molecule has 0 aromatic heterocycles. The van der Waals surface area contributed by atoms with Crippen LogP contribution in [0.3, 0.4) is 0 Å². The molecule has 0 unspecified atom stereocenters. The Kier molecular flexibility index (Phi) is 6.65. The maximum Gasteiger partial charge on any atom is 0.231 e. The van der Waals surface area contributed by atoms with Crippen LogP contribution in [0.4, 0.5) is 0 Å². The predicted octanol–water partition coefficient (Wildman–Crippen LogP) is 2.79. The number of amides is 1. The van der Waals surface area contributed by atoms with E-state index in [1.165, 1.54) is 12.0 Å². The number of benzene rings is 1. The van der Waals surface area contributed by atoms with Gasteiger partial charge in [-0.25, -0.2) is 0 Å². The molecule has 2 aliphatic heterocycles. The number of rotatable bonds is 8. The average Bonchev–Trinajstić information content (AvgIpc) is 3.45. The normalized spacial score (nSPS) is 20.1. The van der Waals surface area contributed by atoms with Gasteiger partial charge in [-0.1, -0.05) is 12.5 Å². The zero-order valence-corrected chi connectivity index (χ0v) is 18.0. The molecule has 0 radical (unpaired) electrons. The summed E-state index contributed by atoms with van der Waals surface area (Å²) in [5, 5.41) is 6.79. The number of likely N-dealkylation sites (tertiary alicyclic amines) is 1. The molecule has 7 heteroatoms. The van der Waals surface area contributed by atoms with Crippen LogP contribution >= 0.6 is 0 Å². The molecule has 1 saturated carbocycles. The van der Waals surface area contributed by atoms with Crippen LogP contribution in [0.25, 0.3) is 0 Å². The van der Waals surface area contributed by atoms with Gasteiger partial charge in [0, 0.05) is 38.0 Å². The molecule has 164 valence electrons. The first kappa shape index (κ1) is 20.8. The van der Waals surface area contributed by atoms with Crippen molar-refractivity contribution in [3.63, 3.8) is 0 Å². The van der Waals surface area contributed by atoms with E-state index in [1.54, 1.807) is 0 Å². The van der Waals surface area contributed by atoms with Crippen molar-refractivity contribution in [3.8, 4) is 11.5 Å². The molecule has 2 N–H and O–H groups in total. The van der Waals surface area contributed by atoms with E-state index in [2.05, 4.69) is 29.7 Å². The van der Waals surface area contributed by atoms with Crippen molar-refractivity contribution in [2.75, 3.05) is 39.5 Å². The summed E-state index contributed by atoms with van der Waals surface area (Å²) in [5.41, 5.74) is 1.40. The van der Waals surface area contributed by atoms with Gasteiger partial charge in [-0.15, -0.1) is 0 Å². The highest BCUT2D eigenvalue weighted by Gasteiger charge is 2.44. The number of guanidine groups is 1. The largest absolute Gasteiger partial charge is 0.454 e. The summed E-state index contributed by atoms with van der Waals surface area (Å²) >= 11 is 0. The van der Waals surface area contributed by atoms with Crippen LogP contribution in [0, 0.1) is 0 Å². The minimum absolute atomic E-state index is 0.113. The Morgan fingerprint density at radius 1 is 1.17 bits per heavy atom. The van der Waals surface area contributed by atoms with E-state index in [-0.39, 0.29) is 5.41 Å². The minimum atomic E-state index is 0.113. The topological polar surface area (TPSA) is 75.2 Å². The molecule has 1 amide bonds. The molecule has 0 spiro atoms. The summed E-state index contributed by atoms with van der Waals surface area (Å²) in [7, 11) is 0. The first-order chi connectivity index (χ1) is 14.7. The summed E-state index contributed by atoms with van der Waals surface area (Å²) < 4.78 is 11.0. The van der Waals surface area contributed by atoms with Crippen molar-refractivity contribution in [2.24, 2.45) is 4.99 Å². The Morgan fingerprint density at radius 2 is 2.03 bits per heavy atom. The predicted molar refractivity (Wildman–Crippen MR) is 117 cm³/mol. The molecule has 0 atom stereocenters. The first-order valence-electron chi connectivity index (χ1n) is 11.4. The lowest BCUT2D eigenvalue weighted by atomic mass is 9.96. The van der Waals surface area contributed by atoms with Gasteiger partial charge in [-0.3, -0.25) is 9.79 Å². The molecule has 0 bridgehead atoms. The second-order valence-corrected chi connectivity index (χ2v) is 8.52. The zero-order chi connectivity index (χ0) is 20.8. The van der Waals surface area contributed by atoms with Gasteiger partial charge in [0.05, 0.1) is 6.54 Å². The Balaban J connectivity index is 1.29. The monoisotopic (exact) mass is 414 g/mol. The second-order valence-electron chi connectivity index (χ2n) is 8.52. The van der Waals surface area contributed by atoms with E-state index in [0.29, 0.717) is 19.1 Å². The Morgan fingerprint density at radius 3 is 2.87 bits per heavy atom. The van der Waals surface area contributed by atoms with Crippen molar-refractivity contribution in [1.82, 2.24) is 15.5 Å². The number of hydrogen-bond acceptors (Lipinski definition) is 4. The smallest absolute Gasteiger partial charge is 0.231 e. The van der Waals surface area contributed by atoms with Crippen LogP contribution in [0.1, 0.15) is 57.4 Å². The fourth-order valence-electron chi connectivity index (χ4n) is 4.24. The third-order valence-electron chi connectivity index (χ3n) is 6.29. The summed E-state index contributed by atoms with van der Waals surface area (Å²) in [5.74, 6) is 2.84. The summed E-state index contributed by atoms with van der Waals surface area (Å²) in [4.78, 5) is 19.0. The van der Waals surface area contributed by atoms with E-state index in [9.17, 15) is 4.79 Å². The number of aliphatic imine (C=N–C) groups is 1. The molecule has 3 aliphatic rings. The Hall–Kier alpha value is -2.44. The number of carbonyl (C=O) groups excluding carboxylic acids is 1. The van der Waals surface area contributed by atoms with Crippen LogP contribution in [0.2, 0.25) is 0 Å². The molecule has 1 saturated heterocycles. The highest BCUT2D eigenvalue weighted by molar-refractivity contribution is 5.80. The third-order valence-corrected chi connectivity index (χ3v) is 6.29. The average molecular weight is 415 g/mol. The SMILES string of the molecule is CCNC(=NCC1(c2ccc3c(c2)OCO3)CC1)NCCCN1CCCCCC1=O. The highest BCUT2D eigenvalue weighted by Crippen LogP contribution is 2.50. The van der Waals surface area contributed by atoms with Crippen molar-refractivity contribution < 1.29 is 14.3 Å². The number of hydrogen-bond donors (Lipinski definition) is 2. The van der Waals surface area contributed by atoms with E-state index in [0.717, 1.165) is 82.3 Å². The minimum Gasteiger partial charge on any atom is -0.454 e. The van der Waals surface area contributed by atoms with Crippen molar-refractivity contribution in [3.05, 3.63) is 23.8 Å². The molecular weight excluding hydrogens is 380 g/mol. The van der Waals surface area contributed by atoms with Gasteiger partial charge in [0.25, 0.3) is 0 Å². The summed E-state index contributed by atoms with van der Waals surface area (Å²) in [6, 6.07) is 6.27. The van der Waals surface area contributed by atoms with Crippen LogP contribution in [-0.4, -0.2) is 56.3 Å². The van der Waals surface area contributed by atoms with Gasteiger partial charge >= 0.3 is 0 Å². The molecule has 2 heterocycles. The van der Waals surface area contributed by atoms with Crippen molar-refractivity contribution >= 4 is 11.9 Å². The van der Waals surface area contributed by atoms with E-state index >= 15 is 0 Å². The lowest BCUT2D eigenvalue weighted by Gasteiger charge is -2.21. The number of fused-ring (bicyclic) bond motifs is 1. The molecule has 7 nitrogen and oxygen atoms in total. The van der Waals surface area contributed by atoms with Crippen molar-refractivity contribution in [1.29, 1.82) is 0 Å². The Labute approximate surface area is 179 Å². The van der Waals surface area contributed by atoms with Gasteiger partial charge in [-0.2, -0.15) is 0 Å². The third kappa shape index (κ3) is 4.99. The number of ether oxygens (including phenoxy) is 2. The molecular formula is C23H34N4O3. The van der Waals surface area contributed by atoms with Crippen molar-refractivity contribution in [2.45, 2.75) is 57.3 Å². The second kappa shape index (κ2) is 9.58. The van der Waals surface area contributed by atoms with E-state index in [1.807, 2.05) is 11.0 Å². The highest BCUT2D eigenvalue weighted by atomic mass is 16.7. The van der Waals surface area contributed by atoms with Crippen LogP contribution in [-0.2, 0) is 10.2 Å². The van der Waals surface area contributed by atoms with Crippen LogP contribution in [0.5, 0.6) is 11.5 Å². The van der Waals surface area contributed by atoms with Crippen LogP contribution in [0.15, 0.2) is 23.2 Å². The van der Waals surface area contributed by atoms with E-state index < -0.39 is 0 Å². The maximum absolute atomic E-state index is 12.1. The summed E-state index contributed by atoms with van der Waals surface area (Å²) in [6.45, 7) is 6.52. The molecule has 2 fully saturated rings. The van der Waals surface area contributed by atoms with Crippen LogP contribution < -0.4 is 20.1 Å². The maximum atomic E-state index is 12.1. The molecule has 1 aromatic carbocycles. The van der Waals surface area contributed by atoms with Gasteiger partial charge in [0.2, 0.25) is 12.7 Å². The molecule has 1 aromatic rings. The fourth-order valence-corrected chi connectivity index (χ4v) is 4.24. The van der Waals surface area contributed by atoms with Gasteiger partial charge in [0.1, 0.15) is 0 Å². The number of nitrogens with zero attached hydrogens (tertiary/aromatic N) is 2. The molecule has 1 aliphatic carbocycles. The van der Waals surface area contributed by atoms with Gasteiger partial charge in [-0.05, 0) is 56.7 Å². The number of carbonyl (C=O) groups is 1. The fraction of sp³-hybridized carbons (Fsp3) is 0.652. The number of nitrogens with one attached hydrogen (secondary N) is 2. The zero-order valence-electron chi connectivity index (χ0n) is 18.0. The Bertz CT molecular complexity index is 776. The lowest BCUT2D eigenvalue weighted by Crippen LogP contribution is -2.40. The molecule has 30 heavy (non-hydrogen) atoms. The van der Waals surface area contributed by atoms with Gasteiger partial charge < -0.3 is 25.0 Å². The first-order valence-corrected chi connectivity index (χ1v) is 11.4. The summed E-state index contributed by atoms with van der Waals surface area (Å²) in [6.07, 6.45) is 7.27. The van der Waals surface area contributed by atoms with Gasteiger partial charge in [0.15, 0.2) is 17.5 Å². The molecule has 4 rings (SSSR count). The lowest BCUT2D eigenvalue weighted by molar-refractivity contribution is -0.130.